The normalized spacial score (nSPS) is 20.6. The summed E-state index contributed by atoms with van der Waals surface area (Å²) in [7, 11) is 0. The number of ether oxygens (including phenoxy) is 3. The van der Waals surface area contributed by atoms with Gasteiger partial charge in [0.15, 0.2) is 5.79 Å². The predicted molar refractivity (Wildman–Crippen MR) is 77.5 cm³/mol. The Labute approximate surface area is 125 Å². The van der Waals surface area contributed by atoms with E-state index in [0.717, 1.165) is 29.7 Å². The van der Waals surface area contributed by atoms with E-state index in [0.29, 0.717) is 19.6 Å². The third kappa shape index (κ3) is 2.72. The second-order valence-electron chi connectivity index (χ2n) is 6.87. The highest BCUT2D eigenvalue weighted by atomic mass is 16.7. The third-order valence-electron chi connectivity index (χ3n) is 4.03. The maximum absolute atomic E-state index is 12.3. The van der Waals surface area contributed by atoms with Crippen molar-refractivity contribution in [2.45, 2.75) is 58.3 Å². The largest absolute Gasteiger partial charge is 0.443 e. The molecule has 0 amide bonds. The molecule has 116 valence electrons. The monoisotopic (exact) mass is 293 g/mol. The SMILES string of the molecule is Cc1cn(C(=O)OC(C)(C)C)c2c1CC1(CC2)OCCO1. The van der Waals surface area contributed by atoms with Gasteiger partial charge in [0, 0.05) is 24.7 Å². The first-order valence-electron chi connectivity index (χ1n) is 7.51. The lowest BCUT2D eigenvalue weighted by molar-refractivity contribution is -0.164. The molecule has 1 aromatic heterocycles. The summed E-state index contributed by atoms with van der Waals surface area (Å²) in [5.41, 5.74) is 2.80. The summed E-state index contributed by atoms with van der Waals surface area (Å²) in [5, 5.41) is 0. The van der Waals surface area contributed by atoms with E-state index < -0.39 is 11.4 Å². The molecule has 3 rings (SSSR count). The van der Waals surface area contributed by atoms with Crippen LogP contribution in [0.2, 0.25) is 0 Å². The molecular formula is C16H23NO4. The fraction of sp³-hybridized carbons (Fsp3) is 0.688. The molecule has 1 fully saturated rings. The minimum absolute atomic E-state index is 0.309. The Bertz CT molecular complexity index is 562. The van der Waals surface area contributed by atoms with Crippen LogP contribution < -0.4 is 0 Å². The molecule has 5 nitrogen and oxygen atoms in total. The molecule has 0 saturated carbocycles. The van der Waals surface area contributed by atoms with Gasteiger partial charge in [0.25, 0.3) is 0 Å². The number of carbonyl (C=O) groups is 1. The minimum Gasteiger partial charge on any atom is -0.443 e. The Morgan fingerprint density at radius 3 is 2.62 bits per heavy atom. The summed E-state index contributed by atoms with van der Waals surface area (Å²) in [5.74, 6) is -0.474. The molecule has 1 aliphatic heterocycles. The van der Waals surface area contributed by atoms with Gasteiger partial charge in [-0.15, -0.1) is 0 Å². The summed E-state index contributed by atoms with van der Waals surface area (Å²) < 4.78 is 18.7. The van der Waals surface area contributed by atoms with Crippen molar-refractivity contribution in [2.75, 3.05) is 13.2 Å². The van der Waals surface area contributed by atoms with Crippen LogP contribution in [0.3, 0.4) is 0 Å². The summed E-state index contributed by atoms with van der Waals surface area (Å²) >= 11 is 0. The molecule has 1 saturated heterocycles. The van der Waals surface area contributed by atoms with Crippen LogP contribution in [0.15, 0.2) is 6.20 Å². The van der Waals surface area contributed by atoms with Crippen LogP contribution in [-0.4, -0.2) is 35.3 Å². The van der Waals surface area contributed by atoms with Crippen molar-refractivity contribution in [3.05, 3.63) is 23.0 Å². The van der Waals surface area contributed by atoms with Crippen molar-refractivity contribution in [3.8, 4) is 0 Å². The summed E-state index contributed by atoms with van der Waals surface area (Å²) in [4.78, 5) is 12.3. The van der Waals surface area contributed by atoms with Gasteiger partial charge in [0.2, 0.25) is 0 Å². The molecule has 1 aromatic rings. The Kier molecular flexibility index (Phi) is 3.37. The molecule has 2 heterocycles. The van der Waals surface area contributed by atoms with Crippen molar-refractivity contribution in [1.29, 1.82) is 0 Å². The van der Waals surface area contributed by atoms with Crippen LogP contribution in [0.4, 0.5) is 4.79 Å². The summed E-state index contributed by atoms with van der Waals surface area (Å²) in [6.07, 6.45) is 3.82. The predicted octanol–water partition coefficient (Wildman–Crippen LogP) is 2.81. The highest BCUT2D eigenvalue weighted by Gasteiger charge is 2.42. The van der Waals surface area contributed by atoms with Crippen molar-refractivity contribution >= 4 is 6.09 Å². The maximum Gasteiger partial charge on any atom is 0.418 e. The highest BCUT2D eigenvalue weighted by molar-refractivity contribution is 5.73. The molecule has 1 spiro atoms. The van der Waals surface area contributed by atoms with Crippen molar-refractivity contribution < 1.29 is 19.0 Å². The Morgan fingerprint density at radius 1 is 1.33 bits per heavy atom. The van der Waals surface area contributed by atoms with Gasteiger partial charge in [-0.3, -0.25) is 4.57 Å². The first kappa shape index (κ1) is 14.6. The smallest absolute Gasteiger partial charge is 0.418 e. The fourth-order valence-corrected chi connectivity index (χ4v) is 3.12. The molecule has 0 unspecified atom stereocenters. The maximum atomic E-state index is 12.3. The Hall–Kier alpha value is -1.33. The van der Waals surface area contributed by atoms with E-state index in [9.17, 15) is 4.79 Å². The van der Waals surface area contributed by atoms with Crippen LogP contribution in [0.5, 0.6) is 0 Å². The van der Waals surface area contributed by atoms with Gasteiger partial charge < -0.3 is 14.2 Å². The summed E-state index contributed by atoms with van der Waals surface area (Å²) in [6, 6.07) is 0. The van der Waals surface area contributed by atoms with E-state index in [1.165, 1.54) is 0 Å². The number of carbonyl (C=O) groups excluding carboxylic acids is 1. The molecule has 0 N–H and O–H groups in total. The van der Waals surface area contributed by atoms with Crippen LogP contribution >= 0.6 is 0 Å². The number of rotatable bonds is 0. The molecular weight excluding hydrogens is 270 g/mol. The van der Waals surface area contributed by atoms with Gasteiger partial charge in [-0.1, -0.05) is 0 Å². The highest BCUT2D eigenvalue weighted by Crippen LogP contribution is 2.37. The Balaban J connectivity index is 1.88. The van der Waals surface area contributed by atoms with Crippen LogP contribution in [-0.2, 0) is 27.1 Å². The van der Waals surface area contributed by atoms with Crippen molar-refractivity contribution in [3.63, 3.8) is 0 Å². The van der Waals surface area contributed by atoms with Gasteiger partial charge in [-0.05, 0) is 45.2 Å². The fourth-order valence-electron chi connectivity index (χ4n) is 3.12. The number of aryl methyl sites for hydroxylation is 1. The van der Waals surface area contributed by atoms with Crippen LogP contribution in [0, 0.1) is 6.92 Å². The standard InChI is InChI=1S/C16H23NO4/c1-11-10-17(14(18)21-15(2,3)4)13-5-6-16(9-12(11)13)19-7-8-20-16/h10H,5-9H2,1-4H3. The van der Waals surface area contributed by atoms with E-state index in [4.69, 9.17) is 14.2 Å². The zero-order chi connectivity index (χ0) is 15.3. The van der Waals surface area contributed by atoms with Gasteiger partial charge in [0.1, 0.15) is 5.60 Å². The molecule has 21 heavy (non-hydrogen) atoms. The van der Waals surface area contributed by atoms with E-state index in [2.05, 4.69) is 0 Å². The molecule has 0 radical (unpaired) electrons. The summed E-state index contributed by atoms with van der Waals surface area (Å²) in [6.45, 7) is 8.96. The topological polar surface area (TPSA) is 49.7 Å². The van der Waals surface area contributed by atoms with Gasteiger partial charge in [-0.25, -0.2) is 4.79 Å². The van der Waals surface area contributed by atoms with Crippen molar-refractivity contribution in [2.24, 2.45) is 0 Å². The minimum atomic E-state index is -0.490. The quantitative estimate of drug-likeness (QED) is 0.738. The molecule has 0 aromatic carbocycles. The van der Waals surface area contributed by atoms with Crippen LogP contribution in [0.25, 0.3) is 0 Å². The number of hydrogen-bond donors (Lipinski definition) is 0. The van der Waals surface area contributed by atoms with E-state index >= 15 is 0 Å². The number of aromatic nitrogens is 1. The molecule has 0 bridgehead atoms. The molecule has 2 aliphatic rings. The Morgan fingerprint density at radius 2 is 2.00 bits per heavy atom. The first-order chi connectivity index (χ1) is 9.80. The number of nitrogens with zero attached hydrogens (tertiary/aromatic N) is 1. The van der Waals surface area contributed by atoms with Crippen LogP contribution in [0.1, 0.15) is 44.0 Å². The first-order valence-corrected chi connectivity index (χ1v) is 7.51. The third-order valence-corrected chi connectivity index (χ3v) is 4.03. The van der Waals surface area contributed by atoms with Gasteiger partial charge >= 0.3 is 6.09 Å². The van der Waals surface area contributed by atoms with Gasteiger partial charge in [-0.2, -0.15) is 0 Å². The zero-order valence-corrected chi connectivity index (χ0v) is 13.2. The lowest BCUT2D eigenvalue weighted by atomic mass is 9.90. The zero-order valence-electron chi connectivity index (χ0n) is 13.2. The van der Waals surface area contributed by atoms with E-state index in [1.54, 1.807) is 4.57 Å². The van der Waals surface area contributed by atoms with E-state index in [1.807, 2.05) is 33.9 Å². The number of fused-ring (bicyclic) bond motifs is 1. The van der Waals surface area contributed by atoms with E-state index in [-0.39, 0.29) is 6.09 Å². The second kappa shape index (κ2) is 4.85. The lowest BCUT2D eigenvalue weighted by Gasteiger charge is -2.32. The second-order valence-corrected chi connectivity index (χ2v) is 6.87. The molecule has 5 heteroatoms. The number of hydrogen-bond acceptors (Lipinski definition) is 4. The van der Waals surface area contributed by atoms with Gasteiger partial charge in [0.05, 0.1) is 13.2 Å². The average molecular weight is 293 g/mol. The average Bonchev–Trinajstić information content (AvgIpc) is 2.94. The molecule has 0 atom stereocenters. The lowest BCUT2D eigenvalue weighted by Crippen LogP contribution is -2.38. The molecule has 1 aliphatic carbocycles. The van der Waals surface area contributed by atoms with Crippen molar-refractivity contribution in [1.82, 2.24) is 4.57 Å².